The van der Waals surface area contributed by atoms with Crippen molar-refractivity contribution in [2.24, 2.45) is 0 Å². The number of hydrogen-bond acceptors (Lipinski definition) is 1. The maximum atomic E-state index is 2.47. The molecule has 0 atom stereocenters. The number of para-hydroxylation sites is 2. The van der Waals surface area contributed by atoms with E-state index in [9.17, 15) is 0 Å². The van der Waals surface area contributed by atoms with Crippen LogP contribution in [-0.2, 0) is 5.41 Å². The molecule has 306 valence electrons. The normalized spacial score (nSPS) is 12.9. The van der Waals surface area contributed by atoms with Crippen LogP contribution in [0.15, 0.2) is 231 Å². The van der Waals surface area contributed by atoms with E-state index >= 15 is 0 Å². The Balaban J connectivity index is 1.02. The van der Waals surface area contributed by atoms with E-state index in [2.05, 4.69) is 254 Å². The first-order chi connectivity index (χ1) is 32.0. The van der Waals surface area contributed by atoms with Crippen LogP contribution in [-0.4, -0.2) is 4.57 Å². The molecule has 0 bridgehead atoms. The smallest absolute Gasteiger partial charge is 0.0626 e. The zero-order valence-corrected chi connectivity index (χ0v) is 36.3. The van der Waals surface area contributed by atoms with Crippen LogP contribution < -0.4 is 4.90 Å². The Morgan fingerprint density at radius 3 is 1.74 bits per heavy atom. The van der Waals surface area contributed by atoms with Crippen molar-refractivity contribution in [3.05, 3.63) is 242 Å². The Bertz CT molecular complexity index is 3840. The van der Waals surface area contributed by atoms with Crippen LogP contribution in [0.3, 0.4) is 0 Å². The predicted octanol–water partition coefficient (Wildman–Crippen LogP) is 17.4. The highest BCUT2D eigenvalue weighted by Gasteiger charge is 2.36. The van der Waals surface area contributed by atoms with Crippen molar-refractivity contribution < 1.29 is 0 Å². The van der Waals surface area contributed by atoms with Gasteiger partial charge in [-0.25, -0.2) is 0 Å². The highest BCUT2D eigenvalue weighted by Crippen LogP contribution is 2.51. The third-order valence-corrected chi connectivity index (χ3v) is 14.1. The fourth-order valence-electron chi connectivity index (χ4n) is 11.1. The summed E-state index contributed by atoms with van der Waals surface area (Å²) < 4.78 is 2.47. The average molecular weight is 829 g/mol. The van der Waals surface area contributed by atoms with Crippen molar-refractivity contribution in [2.75, 3.05) is 4.90 Å². The van der Waals surface area contributed by atoms with Gasteiger partial charge < -0.3 is 9.47 Å². The quantitative estimate of drug-likeness (QED) is 0.152. The third-order valence-electron chi connectivity index (χ3n) is 14.1. The number of rotatable bonds is 6. The molecule has 2 nitrogen and oxygen atoms in total. The number of nitrogens with zero attached hydrogens (tertiary/aromatic N) is 2. The number of anilines is 3. The second-order valence-electron chi connectivity index (χ2n) is 18.0. The summed E-state index contributed by atoms with van der Waals surface area (Å²) in [6.07, 6.45) is 0. The zero-order chi connectivity index (χ0) is 43.2. The van der Waals surface area contributed by atoms with E-state index in [1.54, 1.807) is 0 Å². The second-order valence-corrected chi connectivity index (χ2v) is 18.0. The maximum Gasteiger partial charge on any atom is 0.0626 e. The number of benzene rings is 11. The van der Waals surface area contributed by atoms with Crippen molar-refractivity contribution in [3.63, 3.8) is 0 Å². The summed E-state index contributed by atoms with van der Waals surface area (Å²) in [5.74, 6) is 0. The van der Waals surface area contributed by atoms with Gasteiger partial charge in [0.2, 0.25) is 0 Å². The first kappa shape index (κ1) is 37.4. The fourth-order valence-corrected chi connectivity index (χ4v) is 11.1. The molecule has 1 aliphatic rings. The summed E-state index contributed by atoms with van der Waals surface area (Å²) in [5, 5.41) is 10.1. The number of hydrogen-bond donors (Lipinski definition) is 0. The highest BCUT2D eigenvalue weighted by molar-refractivity contribution is 6.38. The minimum absolute atomic E-state index is 0.118. The van der Waals surface area contributed by atoms with Gasteiger partial charge in [-0.05, 0) is 127 Å². The van der Waals surface area contributed by atoms with Gasteiger partial charge in [0, 0.05) is 49.7 Å². The summed E-state index contributed by atoms with van der Waals surface area (Å²) >= 11 is 0. The molecule has 0 radical (unpaired) electrons. The van der Waals surface area contributed by atoms with Gasteiger partial charge in [0.15, 0.2) is 0 Å². The first-order valence-electron chi connectivity index (χ1n) is 22.7. The molecule has 0 aliphatic heterocycles. The zero-order valence-electron chi connectivity index (χ0n) is 36.3. The molecule has 13 rings (SSSR count). The van der Waals surface area contributed by atoms with Crippen LogP contribution in [0.25, 0.3) is 93.2 Å². The van der Waals surface area contributed by atoms with Crippen molar-refractivity contribution >= 4 is 71.2 Å². The molecule has 1 heterocycles. The van der Waals surface area contributed by atoms with Gasteiger partial charge in [-0.15, -0.1) is 0 Å². The molecule has 65 heavy (non-hydrogen) atoms. The van der Waals surface area contributed by atoms with Gasteiger partial charge in [-0.1, -0.05) is 184 Å². The van der Waals surface area contributed by atoms with Gasteiger partial charge in [-0.2, -0.15) is 0 Å². The molecule has 0 N–H and O–H groups in total. The van der Waals surface area contributed by atoms with E-state index < -0.39 is 0 Å². The van der Waals surface area contributed by atoms with Crippen LogP contribution in [0.4, 0.5) is 17.1 Å². The van der Waals surface area contributed by atoms with E-state index in [0.717, 1.165) is 17.1 Å². The molecule has 0 saturated carbocycles. The topological polar surface area (TPSA) is 8.17 Å². The Hall–Kier alpha value is -8.20. The molecule has 2 heteroatoms. The number of fused-ring (bicyclic) bond motifs is 13. The van der Waals surface area contributed by atoms with Gasteiger partial charge in [0.05, 0.1) is 11.0 Å². The van der Waals surface area contributed by atoms with E-state index in [-0.39, 0.29) is 5.41 Å². The standard InChI is InChI=1S/C63H44N2/c1-63(2)57-30-15-13-26-50(57)51-37-36-47(39-58(51)63)64(46-23-17-20-43(38-46)41-18-5-3-6-19-41)45-34-32-42(33-35-45)55-40-56-49-25-10-12-28-53(49)62-61(60(56)52-27-11-9-24-48(52)55)54-29-14-16-31-59(54)65(62)44-21-7-4-8-22-44/h3-40H,1-2H3. The lowest BCUT2D eigenvalue weighted by Crippen LogP contribution is -2.16. The second kappa shape index (κ2) is 14.4. The van der Waals surface area contributed by atoms with E-state index in [1.807, 2.05) is 0 Å². The van der Waals surface area contributed by atoms with Crippen molar-refractivity contribution in [1.29, 1.82) is 0 Å². The van der Waals surface area contributed by atoms with Gasteiger partial charge >= 0.3 is 0 Å². The molecule has 0 saturated heterocycles. The van der Waals surface area contributed by atoms with E-state index in [4.69, 9.17) is 0 Å². The van der Waals surface area contributed by atoms with Gasteiger partial charge in [0.25, 0.3) is 0 Å². The van der Waals surface area contributed by atoms with Crippen LogP contribution in [0, 0.1) is 0 Å². The molecular formula is C63H44N2. The monoisotopic (exact) mass is 828 g/mol. The Labute approximate surface area is 378 Å². The van der Waals surface area contributed by atoms with Gasteiger partial charge in [0.1, 0.15) is 0 Å². The van der Waals surface area contributed by atoms with E-state index in [0.29, 0.717) is 0 Å². The Morgan fingerprint density at radius 1 is 0.338 bits per heavy atom. The Kier molecular flexibility index (Phi) is 8.29. The molecule has 12 aromatic rings. The lowest BCUT2D eigenvalue weighted by atomic mass is 9.82. The van der Waals surface area contributed by atoms with Crippen LogP contribution >= 0.6 is 0 Å². The minimum Gasteiger partial charge on any atom is -0.310 e. The molecule has 0 amide bonds. The largest absolute Gasteiger partial charge is 0.310 e. The van der Waals surface area contributed by atoms with E-state index in [1.165, 1.54) is 104 Å². The highest BCUT2D eigenvalue weighted by atomic mass is 15.1. The first-order valence-corrected chi connectivity index (χ1v) is 22.7. The SMILES string of the molecule is CC1(C)c2ccccc2-c2ccc(N(c3ccc(-c4cc5c6ccccc6c6c(c7ccccc7n6-c6ccccc6)c5c5ccccc45)cc3)c3cccc(-c4ccccc4)c3)cc21. The fraction of sp³-hybridized carbons (Fsp3) is 0.0476. The predicted molar refractivity (Wildman–Crippen MR) is 276 cm³/mol. The lowest BCUT2D eigenvalue weighted by Gasteiger charge is -2.28. The summed E-state index contributed by atoms with van der Waals surface area (Å²) in [6, 6.07) is 85.1. The van der Waals surface area contributed by atoms with Crippen LogP contribution in [0.5, 0.6) is 0 Å². The van der Waals surface area contributed by atoms with Crippen molar-refractivity contribution in [3.8, 4) is 39.1 Å². The van der Waals surface area contributed by atoms with Gasteiger partial charge in [-0.3, -0.25) is 0 Å². The summed E-state index contributed by atoms with van der Waals surface area (Å²) in [5.41, 5.74) is 17.1. The summed E-state index contributed by atoms with van der Waals surface area (Å²) in [6.45, 7) is 4.72. The van der Waals surface area contributed by atoms with Crippen molar-refractivity contribution in [2.45, 2.75) is 19.3 Å². The number of aromatic nitrogens is 1. The maximum absolute atomic E-state index is 2.47. The van der Waals surface area contributed by atoms with Crippen molar-refractivity contribution in [1.82, 2.24) is 4.57 Å². The summed E-state index contributed by atoms with van der Waals surface area (Å²) in [4.78, 5) is 2.43. The average Bonchev–Trinajstić information content (AvgIpc) is 3.83. The third kappa shape index (κ3) is 5.67. The molecule has 1 aliphatic carbocycles. The molecule has 1 aromatic heterocycles. The molecule has 0 fully saturated rings. The minimum atomic E-state index is -0.118. The molecule has 11 aromatic carbocycles. The Morgan fingerprint density at radius 2 is 0.938 bits per heavy atom. The molecular weight excluding hydrogens is 785 g/mol. The lowest BCUT2D eigenvalue weighted by molar-refractivity contribution is 0.660. The summed E-state index contributed by atoms with van der Waals surface area (Å²) in [7, 11) is 0. The molecule has 0 spiro atoms. The van der Waals surface area contributed by atoms with Crippen LogP contribution in [0.1, 0.15) is 25.0 Å². The van der Waals surface area contributed by atoms with Crippen LogP contribution in [0.2, 0.25) is 0 Å². The molecule has 0 unspecified atom stereocenters.